The summed E-state index contributed by atoms with van der Waals surface area (Å²) in [4.78, 5) is -0.175. The van der Waals surface area contributed by atoms with E-state index in [0.29, 0.717) is 11.5 Å². The van der Waals surface area contributed by atoms with E-state index >= 15 is 0 Å². The summed E-state index contributed by atoms with van der Waals surface area (Å²) < 4.78 is 37.3. The molecule has 1 N–H and O–H groups in total. The SMILES string of the molecule is CCCCCCCCc1ccc(Oc2cccc(S(=O)(=O)O)c2)cc1C. The van der Waals surface area contributed by atoms with Gasteiger partial charge in [0.1, 0.15) is 11.5 Å². The van der Waals surface area contributed by atoms with Crippen LogP contribution in [0.15, 0.2) is 47.4 Å². The third-order valence-electron chi connectivity index (χ3n) is 4.45. The number of ether oxygens (including phenoxy) is 1. The van der Waals surface area contributed by atoms with Gasteiger partial charge in [-0.2, -0.15) is 8.42 Å². The molecule has 0 aliphatic heterocycles. The Morgan fingerprint density at radius 1 is 0.923 bits per heavy atom. The summed E-state index contributed by atoms with van der Waals surface area (Å²) in [6, 6.07) is 11.8. The normalized spacial score (nSPS) is 11.5. The minimum absolute atomic E-state index is 0.175. The van der Waals surface area contributed by atoms with Gasteiger partial charge in [0, 0.05) is 6.07 Å². The lowest BCUT2D eigenvalue weighted by atomic mass is 10.0. The van der Waals surface area contributed by atoms with Crippen molar-refractivity contribution in [1.29, 1.82) is 0 Å². The fourth-order valence-corrected chi connectivity index (χ4v) is 3.46. The zero-order chi connectivity index (χ0) is 19.0. The highest BCUT2D eigenvalue weighted by Gasteiger charge is 2.10. The molecule has 2 rings (SSSR count). The molecule has 0 saturated heterocycles. The third kappa shape index (κ3) is 6.46. The van der Waals surface area contributed by atoms with Gasteiger partial charge in [0.05, 0.1) is 4.90 Å². The molecular formula is C21H28O4S. The van der Waals surface area contributed by atoms with Gasteiger partial charge in [0.2, 0.25) is 0 Å². The van der Waals surface area contributed by atoms with Gasteiger partial charge in [-0.3, -0.25) is 4.55 Å². The van der Waals surface area contributed by atoms with Crippen LogP contribution in [-0.2, 0) is 16.5 Å². The number of unbranched alkanes of at least 4 members (excludes halogenated alkanes) is 5. The molecule has 0 aliphatic rings. The maximum Gasteiger partial charge on any atom is 0.294 e. The first kappa shape index (κ1) is 20.5. The number of aryl methyl sites for hydroxylation is 2. The van der Waals surface area contributed by atoms with E-state index in [0.717, 1.165) is 6.42 Å². The summed E-state index contributed by atoms with van der Waals surface area (Å²) >= 11 is 0. The highest BCUT2D eigenvalue weighted by Crippen LogP contribution is 2.26. The highest BCUT2D eigenvalue weighted by atomic mass is 32.2. The van der Waals surface area contributed by atoms with Crippen LogP contribution in [0.3, 0.4) is 0 Å². The smallest absolute Gasteiger partial charge is 0.294 e. The van der Waals surface area contributed by atoms with Crippen molar-refractivity contribution in [1.82, 2.24) is 0 Å². The summed E-state index contributed by atoms with van der Waals surface area (Å²) in [6.45, 7) is 4.29. The first-order chi connectivity index (χ1) is 12.4. The fourth-order valence-electron chi connectivity index (χ4n) is 2.94. The maximum atomic E-state index is 11.2. The fraction of sp³-hybridized carbons (Fsp3) is 0.429. The van der Waals surface area contributed by atoms with Crippen molar-refractivity contribution >= 4 is 10.1 Å². The lowest BCUT2D eigenvalue weighted by molar-refractivity contribution is 0.471. The van der Waals surface area contributed by atoms with E-state index in [9.17, 15) is 8.42 Å². The van der Waals surface area contributed by atoms with E-state index in [4.69, 9.17) is 9.29 Å². The topological polar surface area (TPSA) is 63.6 Å². The average molecular weight is 377 g/mol. The van der Waals surface area contributed by atoms with Crippen LogP contribution < -0.4 is 4.74 Å². The van der Waals surface area contributed by atoms with Gasteiger partial charge in [-0.25, -0.2) is 0 Å². The Balaban J connectivity index is 1.95. The standard InChI is InChI=1S/C21H28O4S/c1-3-4-5-6-7-8-10-18-13-14-20(15-17(18)2)25-19-11-9-12-21(16-19)26(22,23)24/h9,11-16H,3-8,10H2,1-2H3,(H,22,23,24). The summed E-state index contributed by atoms with van der Waals surface area (Å²) in [7, 11) is -4.23. The molecule has 5 heteroatoms. The summed E-state index contributed by atoms with van der Waals surface area (Å²) in [5.41, 5.74) is 2.49. The van der Waals surface area contributed by atoms with Crippen LogP contribution in [-0.4, -0.2) is 13.0 Å². The van der Waals surface area contributed by atoms with Crippen molar-refractivity contribution in [3.05, 3.63) is 53.6 Å². The van der Waals surface area contributed by atoms with Gasteiger partial charge in [0.25, 0.3) is 10.1 Å². The Labute approximate surface area is 157 Å². The molecule has 0 fully saturated rings. The van der Waals surface area contributed by atoms with Crippen molar-refractivity contribution in [3.63, 3.8) is 0 Å². The number of hydrogen-bond acceptors (Lipinski definition) is 3. The van der Waals surface area contributed by atoms with Crippen LogP contribution in [0.1, 0.15) is 56.6 Å². The molecule has 0 spiro atoms. The van der Waals surface area contributed by atoms with Crippen LogP contribution >= 0.6 is 0 Å². The average Bonchev–Trinajstić information content (AvgIpc) is 2.59. The molecule has 2 aromatic rings. The number of rotatable bonds is 10. The van der Waals surface area contributed by atoms with Crippen LogP contribution in [0.2, 0.25) is 0 Å². The van der Waals surface area contributed by atoms with E-state index < -0.39 is 10.1 Å². The molecule has 142 valence electrons. The van der Waals surface area contributed by atoms with Crippen LogP contribution in [0.4, 0.5) is 0 Å². The minimum atomic E-state index is -4.23. The van der Waals surface area contributed by atoms with E-state index in [1.165, 1.54) is 67.9 Å². The molecule has 0 radical (unpaired) electrons. The molecule has 26 heavy (non-hydrogen) atoms. The predicted octanol–water partition coefficient (Wildman–Crippen LogP) is 5.94. The predicted molar refractivity (Wildman–Crippen MR) is 105 cm³/mol. The second kappa shape index (κ2) is 9.74. The molecule has 2 aromatic carbocycles. The lowest BCUT2D eigenvalue weighted by Gasteiger charge is -2.11. The lowest BCUT2D eigenvalue weighted by Crippen LogP contribution is -1.98. The van der Waals surface area contributed by atoms with Gasteiger partial charge in [0.15, 0.2) is 0 Å². The summed E-state index contributed by atoms with van der Waals surface area (Å²) in [5, 5.41) is 0. The largest absolute Gasteiger partial charge is 0.457 e. The van der Waals surface area contributed by atoms with E-state index in [2.05, 4.69) is 19.9 Å². The Kier molecular flexibility index (Phi) is 7.66. The second-order valence-corrected chi connectivity index (χ2v) is 8.08. The zero-order valence-electron chi connectivity index (χ0n) is 15.6. The molecule has 0 saturated carbocycles. The molecule has 0 atom stereocenters. The number of benzene rings is 2. The van der Waals surface area contributed by atoms with Crippen molar-refractivity contribution in [2.75, 3.05) is 0 Å². The Bertz CT molecular complexity index is 813. The van der Waals surface area contributed by atoms with Gasteiger partial charge >= 0.3 is 0 Å². The minimum Gasteiger partial charge on any atom is -0.457 e. The van der Waals surface area contributed by atoms with Crippen LogP contribution in [0.25, 0.3) is 0 Å². The molecule has 0 aromatic heterocycles. The quantitative estimate of drug-likeness (QED) is 0.412. The molecule has 4 nitrogen and oxygen atoms in total. The maximum absolute atomic E-state index is 11.2. The van der Waals surface area contributed by atoms with Crippen LogP contribution in [0, 0.1) is 6.92 Å². The molecular weight excluding hydrogens is 348 g/mol. The zero-order valence-corrected chi connectivity index (χ0v) is 16.4. The van der Waals surface area contributed by atoms with Crippen molar-refractivity contribution < 1.29 is 17.7 Å². The molecule has 0 bridgehead atoms. The van der Waals surface area contributed by atoms with Crippen molar-refractivity contribution in [2.24, 2.45) is 0 Å². The highest BCUT2D eigenvalue weighted by molar-refractivity contribution is 7.85. The summed E-state index contributed by atoms with van der Waals surface area (Å²) in [5.74, 6) is 1.03. The van der Waals surface area contributed by atoms with Gasteiger partial charge in [-0.1, -0.05) is 51.2 Å². The second-order valence-electron chi connectivity index (χ2n) is 6.66. The Morgan fingerprint density at radius 3 is 2.31 bits per heavy atom. The first-order valence-electron chi connectivity index (χ1n) is 9.25. The molecule has 0 unspecified atom stereocenters. The van der Waals surface area contributed by atoms with Gasteiger partial charge in [-0.05, 0) is 55.2 Å². The van der Waals surface area contributed by atoms with Gasteiger partial charge < -0.3 is 4.74 Å². The van der Waals surface area contributed by atoms with E-state index in [1.54, 1.807) is 6.07 Å². The van der Waals surface area contributed by atoms with Crippen molar-refractivity contribution in [2.45, 2.75) is 63.7 Å². The molecule has 0 aliphatic carbocycles. The van der Waals surface area contributed by atoms with Crippen molar-refractivity contribution in [3.8, 4) is 11.5 Å². The summed E-state index contributed by atoms with van der Waals surface area (Å²) in [6.07, 6.45) is 8.75. The monoisotopic (exact) mass is 376 g/mol. The van der Waals surface area contributed by atoms with E-state index in [-0.39, 0.29) is 4.90 Å². The molecule has 0 amide bonds. The Morgan fingerprint density at radius 2 is 1.62 bits per heavy atom. The van der Waals surface area contributed by atoms with Crippen LogP contribution in [0.5, 0.6) is 11.5 Å². The van der Waals surface area contributed by atoms with Gasteiger partial charge in [-0.15, -0.1) is 0 Å². The van der Waals surface area contributed by atoms with E-state index in [1.807, 2.05) is 12.1 Å². The molecule has 0 heterocycles. The third-order valence-corrected chi connectivity index (χ3v) is 5.30. The number of hydrogen-bond donors (Lipinski definition) is 1. The Hall–Kier alpha value is -1.85. The first-order valence-corrected chi connectivity index (χ1v) is 10.7.